The quantitative estimate of drug-likeness (QED) is 0.160. The van der Waals surface area contributed by atoms with Gasteiger partial charge in [0.15, 0.2) is 5.78 Å². The first-order chi connectivity index (χ1) is 26.6. The molecular formula is C41H42N8O6. The van der Waals surface area contributed by atoms with Crippen LogP contribution in [-0.4, -0.2) is 91.0 Å². The molecule has 2 saturated heterocycles. The molecule has 282 valence electrons. The lowest BCUT2D eigenvalue weighted by atomic mass is 10.0. The minimum atomic E-state index is -0.700. The highest BCUT2D eigenvalue weighted by Crippen LogP contribution is 2.33. The number of benzene rings is 1. The largest absolute Gasteiger partial charge is 0.367 e. The zero-order chi connectivity index (χ0) is 38.4. The number of imide groups is 1. The van der Waals surface area contributed by atoms with Gasteiger partial charge in [0.05, 0.1) is 29.4 Å². The van der Waals surface area contributed by atoms with E-state index in [4.69, 9.17) is 9.97 Å². The molecule has 0 bridgehead atoms. The summed E-state index contributed by atoms with van der Waals surface area (Å²) in [6.45, 7) is 5.76. The number of carbonyl (C=O) groups is 5. The first kappa shape index (κ1) is 36.0. The van der Waals surface area contributed by atoms with Gasteiger partial charge in [0.25, 0.3) is 11.5 Å². The number of aromatic nitrogens is 4. The van der Waals surface area contributed by atoms with Crippen LogP contribution in [-0.2, 0) is 27.3 Å². The predicted molar refractivity (Wildman–Crippen MR) is 203 cm³/mol. The fourth-order valence-electron chi connectivity index (χ4n) is 8.47. The van der Waals surface area contributed by atoms with E-state index < -0.39 is 11.9 Å². The number of carbonyl (C=O) groups excluding carboxylic acids is 5. The molecule has 1 aromatic carbocycles. The molecule has 3 aliphatic heterocycles. The number of piperazine rings is 1. The van der Waals surface area contributed by atoms with Crippen LogP contribution in [0.5, 0.6) is 0 Å². The smallest absolute Gasteiger partial charge is 0.263 e. The molecule has 1 saturated carbocycles. The topological polar surface area (TPSA) is 168 Å². The fourth-order valence-corrected chi connectivity index (χ4v) is 8.47. The van der Waals surface area contributed by atoms with Crippen molar-refractivity contribution in [1.82, 2.24) is 34.6 Å². The Morgan fingerprint density at radius 3 is 2.44 bits per heavy atom. The lowest BCUT2D eigenvalue weighted by Gasteiger charge is -2.35. The highest BCUT2D eigenvalue weighted by molar-refractivity contribution is 6.07. The van der Waals surface area contributed by atoms with Crippen LogP contribution in [0, 0.1) is 6.92 Å². The lowest BCUT2D eigenvalue weighted by Crippen LogP contribution is -2.52. The molecule has 14 nitrogen and oxygen atoms in total. The molecule has 1 N–H and O–H groups in total. The summed E-state index contributed by atoms with van der Waals surface area (Å²) >= 11 is 0. The van der Waals surface area contributed by atoms with Gasteiger partial charge in [-0.25, -0.2) is 9.97 Å². The van der Waals surface area contributed by atoms with E-state index in [1.165, 1.54) is 17.9 Å². The van der Waals surface area contributed by atoms with Crippen LogP contribution < -0.4 is 15.8 Å². The third kappa shape index (κ3) is 6.81. The molecule has 4 aliphatic rings. The minimum absolute atomic E-state index is 0.0100. The second-order valence-corrected chi connectivity index (χ2v) is 14.8. The zero-order valence-corrected chi connectivity index (χ0v) is 30.9. The van der Waals surface area contributed by atoms with Crippen LogP contribution in [0.15, 0.2) is 53.6 Å². The summed E-state index contributed by atoms with van der Waals surface area (Å²) < 4.78 is 1.72. The van der Waals surface area contributed by atoms with E-state index in [0.29, 0.717) is 66.1 Å². The zero-order valence-electron chi connectivity index (χ0n) is 30.9. The van der Waals surface area contributed by atoms with E-state index in [9.17, 15) is 28.8 Å². The van der Waals surface area contributed by atoms with Crippen LogP contribution in [0.25, 0.3) is 17.1 Å². The van der Waals surface area contributed by atoms with Gasteiger partial charge in [-0.1, -0.05) is 31.0 Å². The van der Waals surface area contributed by atoms with Gasteiger partial charge >= 0.3 is 0 Å². The van der Waals surface area contributed by atoms with Gasteiger partial charge in [-0.2, -0.15) is 0 Å². The van der Waals surface area contributed by atoms with Crippen molar-refractivity contribution in [2.75, 3.05) is 31.1 Å². The number of Topliss-reactive ketones (excluding diaryl/α,β-unsaturated/α-hetero) is 1. The Morgan fingerprint density at radius 1 is 0.945 bits per heavy atom. The van der Waals surface area contributed by atoms with Crippen molar-refractivity contribution in [3.63, 3.8) is 0 Å². The third-order valence-electron chi connectivity index (χ3n) is 11.4. The second kappa shape index (κ2) is 14.6. The van der Waals surface area contributed by atoms with Gasteiger partial charge in [-0.05, 0) is 68.0 Å². The number of rotatable bonds is 8. The van der Waals surface area contributed by atoms with E-state index in [1.807, 2.05) is 30.5 Å². The van der Waals surface area contributed by atoms with Crippen LogP contribution in [0.1, 0.15) is 100 Å². The highest BCUT2D eigenvalue weighted by Gasteiger charge is 2.40. The van der Waals surface area contributed by atoms with Crippen molar-refractivity contribution in [2.45, 2.75) is 77.4 Å². The van der Waals surface area contributed by atoms with E-state index in [1.54, 1.807) is 34.7 Å². The van der Waals surface area contributed by atoms with Crippen molar-refractivity contribution in [1.29, 1.82) is 0 Å². The number of ketones is 1. The number of fused-ring (bicyclic) bond motifs is 2. The molecule has 55 heavy (non-hydrogen) atoms. The summed E-state index contributed by atoms with van der Waals surface area (Å²) in [5.74, 6) is -0.921. The van der Waals surface area contributed by atoms with E-state index in [-0.39, 0.29) is 60.1 Å². The summed E-state index contributed by atoms with van der Waals surface area (Å²) in [7, 11) is 0. The van der Waals surface area contributed by atoms with Crippen molar-refractivity contribution in [2.24, 2.45) is 0 Å². The molecule has 4 aromatic rings. The minimum Gasteiger partial charge on any atom is -0.367 e. The molecule has 1 atom stereocenters. The van der Waals surface area contributed by atoms with Crippen LogP contribution >= 0.6 is 0 Å². The van der Waals surface area contributed by atoms with Gasteiger partial charge in [-0.3, -0.25) is 43.6 Å². The highest BCUT2D eigenvalue weighted by atomic mass is 16.2. The normalized spacial score (nSPS) is 19.1. The Hall–Kier alpha value is -6.05. The molecule has 1 unspecified atom stereocenters. The summed E-state index contributed by atoms with van der Waals surface area (Å²) in [5.41, 5.74) is 4.72. The SMILES string of the molecule is CC(=O)c1c(C)c2cnc(Cc3ccc(N4CCN(C(=O)/C=C/c5cccc6c5C(=O)N(C5CCC(=O)NC5=O)C6)CC4)cn3)nc2n(C2CCCC2)c1=O. The molecule has 3 aromatic heterocycles. The lowest BCUT2D eigenvalue weighted by molar-refractivity contribution is -0.137. The molecule has 14 heteroatoms. The predicted octanol–water partition coefficient (Wildman–Crippen LogP) is 3.53. The van der Waals surface area contributed by atoms with Gasteiger partial charge in [0.2, 0.25) is 17.7 Å². The summed E-state index contributed by atoms with van der Waals surface area (Å²) in [5, 5.41) is 3.04. The summed E-state index contributed by atoms with van der Waals surface area (Å²) in [6, 6.07) is 8.72. The summed E-state index contributed by atoms with van der Waals surface area (Å²) in [4.78, 5) is 96.4. The van der Waals surface area contributed by atoms with Crippen LogP contribution in [0.3, 0.4) is 0 Å². The molecule has 1 aliphatic carbocycles. The third-order valence-corrected chi connectivity index (χ3v) is 11.4. The monoisotopic (exact) mass is 742 g/mol. The Bertz CT molecular complexity index is 2340. The Labute approximate surface area is 317 Å². The molecule has 0 radical (unpaired) electrons. The van der Waals surface area contributed by atoms with Gasteiger partial charge < -0.3 is 14.7 Å². The Balaban J connectivity index is 0.901. The first-order valence-corrected chi connectivity index (χ1v) is 18.9. The maximum atomic E-state index is 13.6. The van der Waals surface area contributed by atoms with Crippen molar-refractivity contribution in [3.8, 4) is 0 Å². The Morgan fingerprint density at radius 2 is 1.73 bits per heavy atom. The number of nitrogens with one attached hydrogen (secondary N) is 1. The standard InChI is InChI=1S/C41H42N8O6/c1-24-31-22-43-33(44-38(31)49(29-8-3-4-9-29)41(55)36(24)25(2)50)20-28-11-12-30(21-42-28)46-16-18-47(19-17-46)35(52)15-10-26-6-5-7-27-23-48(40(54)37(26)27)32-13-14-34(51)45-39(32)53/h5-7,10-12,15,21-22,29,32H,3-4,8-9,13-14,16-20,23H2,1-2H3,(H,45,51,53)/b15-10+. The maximum Gasteiger partial charge on any atom is 0.263 e. The Kier molecular flexibility index (Phi) is 9.57. The second-order valence-electron chi connectivity index (χ2n) is 14.8. The van der Waals surface area contributed by atoms with Crippen LogP contribution in [0.4, 0.5) is 5.69 Å². The average Bonchev–Trinajstić information content (AvgIpc) is 3.82. The van der Waals surface area contributed by atoms with E-state index in [2.05, 4.69) is 15.2 Å². The fraction of sp³-hybridized carbons (Fsp3) is 0.390. The number of nitrogens with zero attached hydrogens (tertiary/aromatic N) is 7. The molecule has 3 fully saturated rings. The van der Waals surface area contributed by atoms with Crippen LogP contribution in [0.2, 0.25) is 0 Å². The summed E-state index contributed by atoms with van der Waals surface area (Å²) in [6.07, 6.45) is 11.4. The molecule has 4 amide bonds. The van der Waals surface area contributed by atoms with Crippen molar-refractivity contribution in [3.05, 3.63) is 98.5 Å². The van der Waals surface area contributed by atoms with Crippen molar-refractivity contribution < 1.29 is 24.0 Å². The van der Waals surface area contributed by atoms with Gasteiger partial charge in [0, 0.05) is 68.5 Å². The number of anilines is 1. The van der Waals surface area contributed by atoms with E-state index >= 15 is 0 Å². The van der Waals surface area contributed by atoms with Gasteiger partial charge in [0.1, 0.15) is 17.5 Å². The average molecular weight is 743 g/mol. The maximum absolute atomic E-state index is 13.6. The number of piperidine rings is 1. The van der Waals surface area contributed by atoms with E-state index in [0.717, 1.165) is 42.6 Å². The first-order valence-electron chi connectivity index (χ1n) is 18.9. The number of amides is 4. The molecule has 8 rings (SSSR count). The number of aryl methyl sites for hydroxylation is 1. The molecule has 0 spiro atoms. The molecule has 6 heterocycles. The number of hydrogen-bond donors (Lipinski definition) is 1. The molecular weight excluding hydrogens is 701 g/mol. The van der Waals surface area contributed by atoms with Crippen molar-refractivity contribution >= 4 is 52.2 Å². The number of pyridine rings is 2. The van der Waals surface area contributed by atoms with Gasteiger partial charge in [-0.15, -0.1) is 0 Å². The number of hydrogen-bond acceptors (Lipinski definition) is 10.